The zero-order valence-corrected chi connectivity index (χ0v) is 20.1. The predicted molar refractivity (Wildman–Crippen MR) is 136 cm³/mol. The third kappa shape index (κ3) is 5.15. The molecule has 3 heterocycles. The number of nitrogen functional groups attached to an aromatic ring is 1. The van der Waals surface area contributed by atoms with E-state index in [0.717, 1.165) is 27.4 Å². The van der Waals surface area contributed by atoms with E-state index in [4.69, 9.17) is 5.73 Å². The normalized spacial score (nSPS) is 15.1. The molecule has 9 nitrogen and oxygen atoms in total. The quantitative estimate of drug-likeness (QED) is 0.360. The average Bonchev–Trinajstić information content (AvgIpc) is 3.23. The molecule has 0 unspecified atom stereocenters. The molecule has 35 heavy (non-hydrogen) atoms. The Morgan fingerprint density at radius 3 is 2.54 bits per heavy atom. The molecule has 0 radical (unpaired) electrons. The topological polar surface area (TPSA) is 126 Å². The number of fused-ring (bicyclic) bond motifs is 1. The Morgan fingerprint density at radius 2 is 1.80 bits per heavy atom. The Balaban J connectivity index is 1.26. The first-order valence-corrected chi connectivity index (χ1v) is 13.1. The molecule has 1 aliphatic rings. The van der Waals surface area contributed by atoms with Crippen molar-refractivity contribution in [2.75, 3.05) is 37.2 Å². The smallest absolute Gasteiger partial charge is 0.246 e. The largest absolute Gasteiger partial charge is 0.375 e. The van der Waals surface area contributed by atoms with Gasteiger partial charge < -0.3 is 16.4 Å². The standard InChI is InChI=1S/C23H22FN7O2S2/c24-18-12-17(4-6-21(18)35(32,33)31-9-7-26-8-10-31)29-23-27-13-16(14-28-23)2-1-15-3-5-19-20(11-15)34-22(25)30-19/h1-6,11-14,26H,7-10H2,(H2,25,30)(H,27,28,29). The fourth-order valence-electron chi connectivity index (χ4n) is 3.68. The van der Waals surface area contributed by atoms with Crippen LogP contribution in [0.3, 0.4) is 0 Å². The Bertz CT molecular complexity index is 1500. The zero-order chi connectivity index (χ0) is 24.4. The van der Waals surface area contributed by atoms with E-state index in [0.29, 0.717) is 37.0 Å². The maximum Gasteiger partial charge on any atom is 0.246 e. The summed E-state index contributed by atoms with van der Waals surface area (Å²) in [5.41, 5.74) is 8.75. The lowest BCUT2D eigenvalue weighted by Crippen LogP contribution is -2.46. The van der Waals surface area contributed by atoms with Crippen LogP contribution in [-0.2, 0) is 10.0 Å². The molecule has 0 saturated carbocycles. The molecule has 2 aromatic carbocycles. The van der Waals surface area contributed by atoms with Gasteiger partial charge in [0.2, 0.25) is 16.0 Å². The molecule has 0 bridgehead atoms. The van der Waals surface area contributed by atoms with Gasteiger partial charge in [0.05, 0.1) is 10.2 Å². The molecular weight excluding hydrogens is 489 g/mol. The Hall–Kier alpha value is -3.45. The SMILES string of the molecule is Nc1nc2ccc(C=Cc3cnc(Nc4ccc(S(=O)(=O)N5CCNCC5)c(F)c4)nc3)cc2s1. The molecule has 0 aliphatic carbocycles. The molecule has 1 fully saturated rings. The van der Waals surface area contributed by atoms with Crippen molar-refractivity contribution in [3.8, 4) is 0 Å². The van der Waals surface area contributed by atoms with Crippen molar-refractivity contribution in [2.45, 2.75) is 4.90 Å². The monoisotopic (exact) mass is 511 g/mol. The van der Waals surface area contributed by atoms with E-state index >= 15 is 0 Å². The molecule has 5 rings (SSSR count). The number of nitrogens with zero attached hydrogens (tertiary/aromatic N) is 4. The number of halogens is 1. The minimum Gasteiger partial charge on any atom is -0.375 e. The summed E-state index contributed by atoms with van der Waals surface area (Å²) < 4.78 is 42.5. The van der Waals surface area contributed by atoms with Crippen molar-refractivity contribution in [1.82, 2.24) is 24.6 Å². The maximum absolute atomic E-state index is 14.7. The fourth-order valence-corrected chi connectivity index (χ4v) is 5.95. The average molecular weight is 512 g/mol. The molecule has 4 aromatic rings. The summed E-state index contributed by atoms with van der Waals surface area (Å²) in [6.07, 6.45) is 7.09. The molecule has 1 aliphatic heterocycles. The minimum absolute atomic E-state index is 0.265. The van der Waals surface area contributed by atoms with Gasteiger partial charge in [0, 0.05) is 49.8 Å². The van der Waals surface area contributed by atoms with Crippen molar-refractivity contribution in [3.63, 3.8) is 0 Å². The van der Waals surface area contributed by atoms with Crippen molar-refractivity contribution >= 4 is 60.5 Å². The molecule has 1 saturated heterocycles. The van der Waals surface area contributed by atoms with Crippen molar-refractivity contribution in [2.24, 2.45) is 0 Å². The van der Waals surface area contributed by atoms with Crippen LogP contribution in [0.1, 0.15) is 11.1 Å². The second kappa shape index (κ2) is 9.66. The Labute approximate surface area is 205 Å². The van der Waals surface area contributed by atoms with Crippen LogP contribution in [0.4, 0.5) is 21.2 Å². The number of hydrogen-bond acceptors (Lipinski definition) is 9. The van der Waals surface area contributed by atoms with Crippen LogP contribution in [0.15, 0.2) is 53.7 Å². The van der Waals surface area contributed by atoms with Crippen molar-refractivity contribution in [3.05, 3.63) is 65.7 Å². The molecule has 180 valence electrons. The summed E-state index contributed by atoms with van der Waals surface area (Å²) in [5.74, 6) is -0.562. The molecule has 0 atom stereocenters. The van der Waals surface area contributed by atoms with Crippen molar-refractivity contribution < 1.29 is 12.8 Å². The second-order valence-corrected chi connectivity index (χ2v) is 10.8. The summed E-state index contributed by atoms with van der Waals surface area (Å²) in [5, 5.41) is 6.52. The number of thiazole rings is 1. The van der Waals surface area contributed by atoms with Crippen LogP contribution in [0.5, 0.6) is 0 Å². The van der Waals surface area contributed by atoms with Gasteiger partial charge in [-0.15, -0.1) is 0 Å². The number of benzene rings is 2. The number of piperazine rings is 1. The molecule has 0 spiro atoms. The Morgan fingerprint density at radius 1 is 1.06 bits per heavy atom. The lowest BCUT2D eigenvalue weighted by Gasteiger charge is -2.26. The molecule has 0 amide bonds. The van der Waals surface area contributed by atoms with Gasteiger partial charge in [-0.05, 0) is 35.9 Å². The molecule has 12 heteroatoms. The molecule has 2 aromatic heterocycles. The lowest BCUT2D eigenvalue weighted by molar-refractivity contribution is 0.358. The highest BCUT2D eigenvalue weighted by Crippen LogP contribution is 2.26. The number of hydrogen-bond donors (Lipinski definition) is 3. The molecule has 4 N–H and O–H groups in total. The minimum atomic E-state index is -3.89. The van der Waals surface area contributed by atoms with Crippen LogP contribution in [0.2, 0.25) is 0 Å². The van der Waals surface area contributed by atoms with Crippen LogP contribution in [0.25, 0.3) is 22.4 Å². The number of rotatable bonds is 6. The van der Waals surface area contributed by atoms with Gasteiger partial charge in [0.1, 0.15) is 10.7 Å². The highest BCUT2D eigenvalue weighted by molar-refractivity contribution is 7.89. The van der Waals surface area contributed by atoms with Gasteiger partial charge in [-0.25, -0.2) is 27.8 Å². The van der Waals surface area contributed by atoms with Crippen LogP contribution < -0.4 is 16.4 Å². The van der Waals surface area contributed by atoms with Gasteiger partial charge in [0.25, 0.3) is 0 Å². The summed E-state index contributed by atoms with van der Waals surface area (Å²) in [4.78, 5) is 12.4. The van der Waals surface area contributed by atoms with E-state index in [1.165, 1.54) is 27.8 Å². The third-order valence-corrected chi connectivity index (χ3v) is 8.23. The van der Waals surface area contributed by atoms with Gasteiger partial charge in [-0.1, -0.05) is 29.6 Å². The zero-order valence-electron chi connectivity index (χ0n) is 18.5. The van der Waals surface area contributed by atoms with Gasteiger partial charge >= 0.3 is 0 Å². The third-order valence-electron chi connectivity index (χ3n) is 5.45. The summed E-state index contributed by atoms with van der Waals surface area (Å²) in [6.45, 7) is 1.70. The first kappa shape index (κ1) is 23.3. The fraction of sp³-hybridized carbons (Fsp3) is 0.174. The predicted octanol–water partition coefficient (Wildman–Crippen LogP) is 3.32. The van der Waals surface area contributed by atoms with Gasteiger partial charge in [-0.2, -0.15) is 4.31 Å². The van der Waals surface area contributed by atoms with E-state index in [-0.39, 0.29) is 10.8 Å². The van der Waals surface area contributed by atoms with Crippen LogP contribution in [0, 0.1) is 5.82 Å². The summed E-state index contributed by atoms with van der Waals surface area (Å²) in [6, 6.07) is 9.78. The van der Waals surface area contributed by atoms with Gasteiger partial charge in [-0.3, -0.25) is 0 Å². The maximum atomic E-state index is 14.7. The number of nitrogens with one attached hydrogen (secondary N) is 2. The number of nitrogens with two attached hydrogens (primary N) is 1. The van der Waals surface area contributed by atoms with Crippen molar-refractivity contribution in [1.29, 1.82) is 0 Å². The lowest BCUT2D eigenvalue weighted by atomic mass is 10.2. The Kier molecular flexibility index (Phi) is 6.43. The van der Waals surface area contributed by atoms with E-state index < -0.39 is 15.8 Å². The summed E-state index contributed by atoms with van der Waals surface area (Å²) in [7, 11) is -3.89. The number of sulfonamides is 1. The second-order valence-electron chi connectivity index (χ2n) is 7.88. The van der Waals surface area contributed by atoms with E-state index in [9.17, 15) is 12.8 Å². The van der Waals surface area contributed by atoms with Gasteiger partial charge in [0.15, 0.2) is 5.13 Å². The number of aromatic nitrogens is 3. The highest BCUT2D eigenvalue weighted by Gasteiger charge is 2.28. The van der Waals surface area contributed by atoms with E-state index in [1.54, 1.807) is 12.4 Å². The van der Waals surface area contributed by atoms with Crippen LogP contribution >= 0.6 is 11.3 Å². The first-order chi connectivity index (χ1) is 16.9. The molecular formula is C23H22FN7O2S2. The number of anilines is 3. The highest BCUT2D eigenvalue weighted by atomic mass is 32.2. The van der Waals surface area contributed by atoms with Crippen LogP contribution in [-0.4, -0.2) is 53.9 Å². The first-order valence-electron chi connectivity index (χ1n) is 10.8. The summed E-state index contributed by atoms with van der Waals surface area (Å²) >= 11 is 1.44. The van der Waals surface area contributed by atoms with E-state index in [2.05, 4.69) is 25.6 Å². The van der Waals surface area contributed by atoms with E-state index in [1.807, 2.05) is 30.4 Å².